The number of nitrogens with zero attached hydrogens (tertiary/aromatic N) is 1. The van der Waals surface area contributed by atoms with Crippen LogP contribution < -0.4 is 5.32 Å². The summed E-state index contributed by atoms with van der Waals surface area (Å²) in [5.74, 6) is 0.00607. The van der Waals surface area contributed by atoms with Crippen LogP contribution in [0, 0.1) is 0 Å². The monoisotopic (exact) mass is 342 g/mol. The predicted octanol–water partition coefficient (Wildman–Crippen LogP) is 5.64. The van der Waals surface area contributed by atoms with E-state index in [2.05, 4.69) is 17.2 Å². The Kier molecular flexibility index (Phi) is 6.03. The maximum Gasteiger partial charge on any atom is 0.226 e. The number of anilines is 1. The molecule has 6 heteroatoms. The Morgan fingerprint density at radius 1 is 1.33 bits per heavy atom. The number of hydrogen-bond donors (Lipinski definition) is 1. The van der Waals surface area contributed by atoms with E-state index in [-0.39, 0.29) is 5.91 Å². The molecule has 21 heavy (non-hydrogen) atoms. The van der Waals surface area contributed by atoms with Crippen LogP contribution in [0.5, 0.6) is 0 Å². The van der Waals surface area contributed by atoms with Gasteiger partial charge in [0.2, 0.25) is 5.91 Å². The molecule has 1 amide bonds. The number of rotatable bonds is 6. The number of thiazole rings is 1. The van der Waals surface area contributed by atoms with Crippen LogP contribution in [0.4, 0.5) is 5.13 Å². The second-order valence-electron chi connectivity index (χ2n) is 4.67. The number of hydrogen-bond acceptors (Lipinski definition) is 3. The van der Waals surface area contributed by atoms with Crippen molar-refractivity contribution < 1.29 is 4.79 Å². The van der Waals surface area contributed by atoms with Crippen LogP contribution in [0.15, 0.2) is 23.6 Å². The zero-order valence-corrected chi connectivity index (χ0v) is 14.0. The van der Waals surface area contributed by atoms with Crippen LogP contribution >= 0.6 is 34.5 Å². The van der Waals surface area contributed by atoms with Gasteiger partial charge in [-0.3, -0.25) is 4.79 Å². The normalized spacial score (nSPS) is 10.6. The van der Waals surface area contributed by atoms with Crippen molar-refractivity contribution in [3.63, 3.8) is 0 Å². The highest BCUT2D eigenvalue weighted by atomic mass is 35.5. The molecular weight excluding hydrogens is 327 g/mol. The van der Waals surface area contributed by atoms with E-state index in [1.54, 1.807) is 12.1 Å². The Morgan fingerprint density at radius 2 is 2.14 bits per heavy atom. The summed E-state index contributed by atoms with van der Waals surface area (Å²) < 4.78 is 0. The molecule has 0 aliphatic rings. The lowest BCUT2D eigenvalue weighted by Gasteiger charge is -2.02. The van der Waals surface area contributed by atoms with Crippen molar-refractivity contribution in [2.75, 3.05) is 5.32 Å². The number of carbonyl (C=O) groups excluding carboxylic acids is 1. The maximum atomic E-state index is 11.8. The first-order valence-electron chi connectivity index (χ1n) is 6.81. The molecule has 0 saturated heterocycles. The molecule has 2 aromatic rings. The van der Waals surface area contributed by atoms with Gasteiger partial charge in [-0.25, -0.2) is 4.98 Å². The van der Waals surface area contributed by atoms with Crippen LogP contribution in [0.3, 0.4) is 0 Å². The summed E-state index contributed by atoms with van der Waals surface area (Å²) in [5.41, 5.74) is 1.55. The average Bonchev–Trinajstić information content (AvgIpc) is 2.87. The van der Waals surface area contributed by atoms with Crippen molar-refractivity contribution >= 4 is 45.6 Å². The second kappa shape index (κ2) is 7.78. The first-order chi connectivity index (χ1) is 10.1. The van der Waals surface area contributed by atoms with E-state index in [4.69, 9.17) is 23.2 Å². The largest absolute Gasteiger partial charge is 0.302 e. The van der Waals surface area contributed by atoms with Gasteiger partial charge >= 0.3 is 0 Å². The molecule has 0 spiro atoms. The van der Waals surface area contributed by atoms with Crippen molar-refractivity contribution in [3.8, 4) is 11.3 Å². The first-order valence-corrected chi connectivity index (χ1v) is 8.44. The molecular formula is C15H16Cl2N2OS. The van der Waals surface area contributed by atoms with Crippen molar-refractivity contribution in [1.82, 2.24) is 4.98 Å². The lowest BCUT2D eigenvalue weighted by atomic mass is 10.2. The summed E-state index contributed by atoms with van der Waals surface area (Å²) >= 11 is 13.4. The molecule has 0 radical (unpaired) electrons. The molecule has 0 aliphatic heterocycles. The van der Waals surface area contributed by atoms with Crippen molar-refractivity contribution in [1.29, 1.82) is 0 Å². The summed E-state index contributed by atoms with van der Waals surface area (Å²) in [4.78, 5) is 16.2. The SMILES string of the molecule is CCCCCC(=O)Nc1nc(-c2ccc(Cl)cc2Cl)cs1. The van der Waals surface area contributed by atoms with Crippen LogP contribution in [0.2, 0.25) is 10.0 Å². The highest BCUT2D eigenvalue weighted by Gasteiger charge is 2.10. The quantitative estimate of drug-likeness (QED) is 0.690. The molecule has 1 aromatic carbocycles. The molecule has 3 nitrogen and oxygen atoms in total. The van der Waals surface area contributed by atoms with Gasteiger partial charge in [0.25, 0.3) is 0 Å². The molecule has 1 aromatic heterocycles. The fourth-order valence-electron chi connectivity index (χ4n) is 1.87. The van der Waals surface area contributed by atoms with E-state index in [0.717, 1.165) is 30.5 Å². The summed E-state index contributed by atoms with van der Waals surface area (Å²) in [7, 11) is 0. The molecule has 0 bridgehead atoms. The molecule has 1 N–H and O–H groups in total. The molecule has 0 aliphatic carbocycles. The van der Waals surface area contributed by atoms with Gasteiger partial charge in [0.15, 0.2) is 5.13 Å². The minimum Gasteiger partial charge on any atom is -0.302 e. The van der Waals surface area contributed by atoms with Gasteiger partial charge < -0.3 is 5.32 Å². The van der Waals surface area contributed by atoms with E-state index in [1.807, 2.05) is 11.4 Å². The van der Waals surface area contributed by atoms with Crippen molar-refractivity contribution in [2.45, 2.75) is 32.6 Å². The smallest absolute Gasteiger partial charge is 0.226 e. The first kappa shape index (κ1) is 16.3. The highest BCUT2D eigenvalue weighted by molar-refractivity contribution is 7.14. The fourth-order valence-corrected chi connectivity index (χ4v) is 3.10. The Bertz CT molecular complexity index is 628. The lowest BCUT2D eigenvalue weighted by molar-refractivity contribution is -0.116. The number of amides is 1. The third-order valence-electron chi connectivity index (χ3n) is 2.97. The molecule has 112 valence electrons. The van der Waals surface area contributed by atoms with Crippen molar-refractivity contribution in [2.24, 2.45) is 0 Å². The van der Waals surface area contributed by atoms with Gasteiger partial charge in [-0.15, -0.1) is 11.3 Å². The lowest BCUT2D eigenvalue weighted by Crippen LogP contribution is -2.10. The minimum atomic E-state index is 0.00607. The summed E-state index contributed by atoms with van der Waals surface area (Å²) in [5, 5.41) is 6.42. The van der Waals surface area contributed by atoms with E-state index >= 15 is 0 Å². The van der Waals surface area contributed by atoms with Gasteiger partial charge in [-0.1, -0.05) is 43.0 Å². The number of carbonyl (C=O) groups is 1. The maximum absolute atomic E-state index is 11.8. The van der Waals surface area contributed by atoms with Crippen LogP contribution in [-0.2, 0) is 4.79 Å². The number of halogens is 2. The van der Waals surface area contributed by atoms with Crippen LogP contribution in [0.1, 0.15) is 32.6 Å². The zero-order chi connectivity index (χ0) is 15.2. The Balaban J connectivity index is 2.02. The van der Waals surface area contributed by atoms with E-state index in [9.17, 15) is 4.79 Å². The van der Waals surface area contributed by atoms with E-state index < -0.39 is 0 Å². The molecule has 2 rings (SSSR count). The molecule has 0 fully saturated rings. The molecule has 0 saturated carbocycles. The van der Waals surface area contributed by atoms with Crippen molar-refractivity contribution in [3.05, 3.63) is 33.6 Å². The standard InChI is InChI=1S/C15H16Cl2N2OS/c1-2-3-4-5-14(20)19-15-18-13(9-21-15)11-7-6-10(16)8-12(11)17/h6-9H,2-5H2,1H3,(H,18,19,20). The Labute approximate surface area is 138 Å². The predicted molar refractivity (Wildman–Crippen MR) is 90.3 cm³/mol. The number of nitrogens with one attached hydrogen (secondary N) is 1. The average molecular weight is 343 g/mol. The van der Waals surface area contributed by atoms with Gasteiger partial charge in [-0.2, -0.15) is 0 Å². The van der Waals surface area contributed by atoms with Gasteiger partial charge in [0, 0.05) is 22.4 Å². The number of benzene rings is 1. The van der Waals surface area contributed by atoms with Gasteiger partial charge in [-0.05, 0) is 24.6 Å². The number of unbranched alkanes of at least 4 members (excludes halogenated alkanes) is 2. The fraction of sp³-hybridized carbons (Fsp3) is 0.333. The van der Waals surface area contributed by atoms with Gasteiger partial charge in [0.1, 0.15) is 0 Å². The van der Waals surface area contributed by atoms with Gasteiger partial charge in [0.05, 0.1) is 10.7 Å². The second-order valence-corrected chi connectivity index (χ2v) is 6.37. The minimum absolute atomic E-state index is 0.00607. The van der Waals surface area contributed by atoms with Crippen LogP contribution in [0.25, 0.3) is 11.3 Å². The van der Waals surface area contributed by atoms with E-state index in [0.29, 0.717) is 21.6 Å². The molecule has 1 heterocycles. The topological polar surface area (TPSA) is 42.0 Å². The Hall–Kier alpha value is -1.10. The zero-order valence-electron chi connectivity index (χ0n) is 11.7. The van der Waals surface area contributed by atoms with E-state index in [1.165, 1.54) is 11.3 Å². The van der Waals surface area contributed by atoms with Crippen LogP contribution in [-0.4, -0.2) is 10.9 Å². The Morgan fingerprint density at radius 3 is 2.86 bits per heavy atom. The third kappa shape index (κ3) is 4.70. The summed E-state index contributed by atoms with van der Waals surface area (Å²) in [6.07, 6.45) is 3.61. The molecule has 0 unspecified atom stereocenters. The molecule has 0 atom stereocenters. The summed E-state index contributed by atoms with van der Waals surface area (Å²) in [6, 6.07) is 5.28. The third-order valence-corrected chi connectivity index (χ3v) is 4.27. The highest BCUT2D eigenvalue weighted by Crippen LogP contribution is 2.32. The number of aromatic nitrogens is 1. The summed E-state index contributed by atoms with van der Waals surface area (Å²) in [6.45, 7) is 2.11.